The quantitative estimate of drug-likeness (QED) is 0.731. The summed E-state index contributed by atoms with van der Waals surface area (Å²) in [7, 11) is 0. The Kier molecular flexibility index (Phi) is 4.30. The molecule has 0 radical (unpaired) electrons. The zero-order chi connectivity index (χ0) is 13.8. The van der Waals surface area contributed by atoms with Crippen molar-refractivity contribution in [3.63, 3.8) is 0 Å². The number of benzene rings is 1. The number of carbonyl (C=O) groups excluding carboxylic acids is 1. The average molecular weight is 261 g/mol. The van der Waals surface area contributed by atoms with Gasteiger partial charge in [-0.3, -0.25) is 0 Å². The number of hydrogen-bond acceptors (Lipinski definition) is 2. The number of rotatable bonds is 3. The smallest absolute Gasteiger partial charge is 0.319 e. The molecule has 1 fully saturated rings. The van der Waals surface area contributed by atoms with Crippen LogP contribution in [0.4, 0.5) is 16.2 Å². The Morgan fingerprint density at radius 3 is 2.84 bits per heavy atom. The molecule has 1 saturated carbocycles. The van der Waals surface area contributed by atoms with Crippen molar-refractivity contribution in [2.45, 2.75) is 39.2 Å². The van der Waals surface area contributed by atoms with Gasteiger partial charge in [-0.25, -0.2) is 4.79 Å². The van der Waals surface area contributed by atoms with E-state index >= 15 is 0 Å². The van der Waals surface area contributed by atoms with Crippen molar-refractivity contribution in [1.29, 1.82) is 0 Å². The summed E-state index contributed by atoms with van der Waals surface area (Å²) in [4.78, 5) is 12.0. The lowest BCUT2D eigenvalue weighted by molar-refractivity contribution is 0.243. The summed E-state index contributed by atoms with van der Waals surface area (Å²) >= 11 is 0. The molecule has 0 spiro atoms. The first-order chi connectivity index (χ1) is 9.10. The average Bonchev–Trinajstić information content (AvgIpc) is 2.70. The molecule has 3 atom stereocenters. The van der Waals surface area contributed by atoms with E-state index < -0.39 is 0 Å². The zero-order valence-electron chi connectivity index (χ0n) is 11.6. The number of amides is 2. The Bertz CT molecular complexity index is 447. The molecule has 2 rings (SSSR count). The SMILES string of the molecule is CCC1CCC(NC(=O)Nc2cccc(N)c2)C1C. The maximum atomic E-state index is 12.0. The maximum absolute atomic E-state index is 12.0. The fourth-order valence-corrected chi connectivity index (χ4v) is 2.98. The minimum atomic E-state index is -0.140. The Morgan fingerprint density at radius 1 is 1.42 bits per heavy atom. The van der Waals surface area contributed by atoms with Crippen molar-refractivity contribution >= 4 is 17.4 Å². The van der Waals surface area contributed by atoms with E-state index in [9.17, 15) is 4.79 Å². The first-order valence-corrected chi connectivity index (χ1v) is 7.03. The van der Waals surface area contributed by atoms with Gasteiger partial charge in [-0.1, -0.05) is 26.3 Å². The van der Waals surface area contributed by atoms with Gasteiger partial charge in [0.05, 0.1) is 0 Å². The molecule has 1 aliphatic rings. The molecular weight excluding hydrogens is 238 g/mol. The first-order valence-electron chi connectivity index (χ1n) is 7.03. The van der Waals surface area contributed by atoms with Crippen molar-refractivity contribution in [2.75, 3.05) is 11.1 Å². The molecule has 1 aromatic carbocycles. The molecule has 3 unspecified atom stereocenters. The second-order valence-electron chi connectivity index (χ2n) is 5.44. The topological polar surface area (TPSA) is 67.2 Å². The van der Waals surface area contributed by atoms with Crippen LogP contribution in [0, 0.1) is 11.8 Å². The van der Waals surface area contributed by atoms with Gasteiger partial charge in [0.25, 0.3) is 0 Å². The van der Waals surface area contributed by atoms with E-state index in [1.807, 2.05) is 12.1 Å². The number of carbonyl (C=O) groups is 1. The van der Waals surface area contributed by atoms with Crippen molar-refractivity contribution in [1.82, 2.24) is 5.32 Å². The van der Waals surface area contributed by atoms with Crippen molar-refractivity contribution in [3.05, 3.63) is 24.3 Å². The molecule has 0 saturated heterocycles. The number of urea groups is 1. The third kappa shape index (κ3) is 3.40. The molecule has 1 aliphatic carbocycles. The summed E-state index contributed by atoms with van der Waals surface area (Å²) in [5.41, 5.74) is 7.07. The summed E-state index contributed by atoms with van der Waals surface area (Å²) in [6, 6.07) is 7.37. The van der Waals surface area contributed by atoms with Crippen molar-refractivity contribution < 1.29 is 4.79 Å². The van der Waals surface area contributed by atoms with E-state index in [0.717, 1.165) is 18.0 Å². The molecular formula is C15H23N3O. The van der Waals surface area contributed by atoms with Crippen LogP contribution < -0.4 is 16.4 Å². The molecule has 4 N–H and O–H groups in total. The minimum absolute atomic E-state index is 0.140. The predicted molar refractivity (Wildman–Crippen MR) is 79.0 cm³/mol. The van der Waals surface area contributed by atoms with Gasteiger partial charge in [-0.15, -0.1) is 0 Å². The van der Waals surface area contributed by atoms with Crippen molar-refractivity contribution in [2.24, 2.45) is 11.8 Å². The summed E-state index contributed by atoms with van der Waals surface area (Å²) in [6.45, 7) is 4.45. The monoisotopic (exact) mass is 261 g/mol. The first kappa shape index (κ1) is 13.7. The molecule has 4 nitrogen and oxygen atoms in total. The second-order valence-corrected chi connectivity index (χ2v) is 5.44. The van der Waals surface area contributed by atoms with Crippen molar-refractivity contribution in [3.8, 4) is 0 Å². The van der Waals surface area contributed by atoms with Crippen LogP contribution in [0.2, 0.25) is 0 Å². The fraction of sp³-hybridized carbons (Fsp3) is 0.533. The van der Waals surface area contributed by atoms with Crippen LogP contribution in [0.3, 0.4) is 0 Å². The lowest BCUT2D eigenvalue weighted by Crippen LogP contribution is -2.40. The number of hydrogen-bond donors (Lipinski definition) is 3. The van der Waals surface area contributed by atoms with Crippen LogP contribution in [0.5, 0.6) is 0 Å². The molecule has 4 heteroatoms. The maximum Gasteiger partial charge on any atom is 0.319 e. The van der Waals surface area contributed by atoms with Gasteiger partial charge >= 0.3 is 6.03 Å². The number of anilines is 2. The highest BCUT2D eigenvalue weighted by Crippen LogP contribution is 2.33. The second kappa shape index (κ2) is 5.95. The molecule has 0 heterocycles. The Morgan fingerprint density at radius 2 is 2.21 bits per heavy atom. The van der Waals surface area contributed by atoms with Crippen LogP contribution >= 0.6 is 0 Å². The molecule has 1 aromatic rings. The molecule has 104 valence electrons. The van der Waals surface area contributed by atoms with Gasteiger partial charge in [-0.2, -0.15) is 0 Å². The van der Waals surface area contributed by atoms with Gasteiger partial charge in [0.1, 0.15) is 0 Å². The highest BCUT2D eigenvalue weighted by Gasteiger charge is 2.32. The largest absolute Gasteiger partial charge is 0.399 e. The fourth-order valence-electron chi connectivity index (χ4n) is 2.98. The van der Waals surface area contributed by atoms with Crippen LogP contribution in [-0.2, 0) is 0 Å². The summed E-state index contributed by atoms with van der Waals surface area (Å²) in [5, 5.41) is 5.90. The normalized spacial score (nSPS) is 26.1. The van der Waals surface area contributed by atoms with E-state index in [1.54, 1.807) is 12.1 Å². The summed E-state index contributed by atoms with van der Waals surface area (Å²) in [6.07, 6.45) is 3.47. The molecule has 0 aromatic heterocycles. The highest BCUT2D eigenvalue weighted by molar-refractivity contribution is 5.89. The van der Waals surface area contributed by atoms with E-state index in [0.29, 0.717) is 11.6 Å². The Labute approximate surface area is 114 Å². The summed E-state index contributed by atoms with van der Waals surface area (Å²) in [5.74, 6) is 1.29. The van der Waals surface area contributed by atoms with Gasteiger partial charge in [0, 0.05) is 17.4 Å². The molecule has 19 heavy (non-hydrogen) atoms. The lowest BCUT2D eigenvalue weighted by Gasteiger charge is -2.21. The van der Waals surface area contributed by atoms with Crippen LogP contribution in [0.25, 0.3) is 0 Å². The zero-order valence-corrected chi connectivity index (χ0v) is 11.6. The van der Waals surface area contributed by atoms with E-state index in [-0.39, 0.29) is 12.1 Å². The molecule has 0 aliphatic heterocycles. The number of nitrogens with two attached hydrogens (primary N) is 1. The molecule has 0 bridgehead atoms. The highest BCUT2D eigenvalue weighted by atomic mass is 16.2. The summed E-state index contributed by atoms with van der Waals surface area (Å²) < 4.78 is 0. The van der Waals surface area contributed by atoms with E-state index in [1.165, 1.54) is 12.8 Å². The van der Waals surface area contributed by atoms with Crippen LogP contribution in [0.15, 0.2) is 24.3 Å². The van der Waals surface area contributed by atoms with Gasteiger partial charge in [-0.05, 0) is 42.9 Å². The van der Waals surface area contributed by atoms with Gasteiger partial charge < -0.3 is 16.4 Å². The number of nitrogen functional groups attached to an aromatic ring is 1. The van der Waals surface area contributed by atoms with Crippen LogP contribution in [-0.4, -0.2) is 12.1 Å². The lowest BCUT2D eigenvalue weighted by atomic mass is 9.94. The third-order valence-electron chi connectivity index (χ3n) is 4.21. The van der Waals surface area contributed by atoms with Crippen LogP contribution in [0.1, 0.15) is 33.1 Å². The standard InChI is InChI=1S/C15H23N3O/c1-3-11-7-8-14(10(11)2)18-15(19)17-13-6-4-5-12(16)9-13/h4-6,9-11,14H,3,7-8,16H2,1-2H3,(H2,17,18,19). The predicted octanol–water partition coefficient (Wildman–Crippen LogP) is 3.22. The van der Waals surface area contributed by atoms with Gasteiger partial charge in [0.15, 0.2) is 0 Å². The Hall–Kier alpha value is -1.71. The molecule has 2 amide bonds. The van der Waals surface area contributed by atoms with Gasteiger partial charge in [0.2, 0.25) is 0 Å². The van der Waals surface area contributed by atoms with E-state index in [4.69, 9.17) is 5.73 Å². The number of nitrogens with one attached hydrogen (secondary N) is 2. The Balaban J connectivity index is 1.88. The third-order valence-corrected chi connectivity index (χ3v) is 4.21. The minimum Gasteiger partial charge on any atom is -0.399 e. The van der Waals surface area contributed by atoms with E-state index in [2.05, 4.69) is 24.5 Å².